The van der Waals surface area contributed by atoms with E-state index in [4.69, 9.17) is 0 Å². The third-order valence-electron chi connectivity index (χ3n) is 4.40. The molecule has 100 valence electrons. The van der Waals surface area contributed by atoms with Gasteiger partial charge < -0.3 is 0 Å². The van der Waals surface area contributed by atoms with Crippen molar-refractivity contribution in [3.05, 3.63) is 32.4 Å². The van der Waals surface area contributed by atoms with E-state index in [1.165, 1.54) is 70.3 Å². The average Bonchev–Trinajstić information content (AvgIpc) is 2.41. The Kier molecular flexibility index (Phi) is 2.72. The molecule has 0 amide bonds. The Morgan fingerprint density at radius 3 is 2.84 bits per heavy atom. The molecular formula is C16H17INO-. The molecule has 0 radical (unpaired) electrons. The number of carbonyl (C=O) groups excluding carboxylic acids is 1. The fraction of sp³-hybridized carbons (Fsp3) is 0.438. The minimum atomic E-state index is -0.467. The number of benzene rings is 1. The van der Waals surface area contributed by atoms with Crippen molar-refractivity contribution < 1.29 is 26.0 Å². The second-order valence-corrected chi connectivity index (χ2v) is 8.33. The zero-order chi connectivity index (χ0) is 13.0. The van der Waals surface area contributed by atoms with Crippen LogP contribution in [0.4, 0.5) is 5.69 Å². The molecule has 0 unspecified atom stereocenters. The number of anilines is 1. The minimum absolute atomic E-state index is 0.382. The van der Waals surface area contributed by atoms with Crippen molar-refractivity contribution in [2.24, 2.45) is 0 Å². The van der Waals surface area contributed by atoms with Gasteiger partial charge in [-0.25, -0.2) is 0 Å². The molecule has 0 saturated carbocycles. The van der Waals surface area contributed by atoms with Gasteiger partial charge >= 0.3 is 124 Å². The fourth-order valence-corrected chi connectivity index (χ4v) is 6.46. The SMILES string of the molecule is CC1=CC(=O)[I-]c2c1cc1c3c2CCCN3CCC1. The van der Waals surface area contributed by atoms with Crippen molar-refractivity contribution in [3.63, 3.8) is 0 Å². The number of halogens is 1. The molecule has 0 bridgehead atoms. The summed E-state index contributed by atoms with van der Waals surface area (Å²) in [5, 5.41) is 0. The summed E-state index contributed by atoms with van der Waals surface area (Å²) < 4.78 is 1.82. The van der Waals surface area contributed by atoms with Crippen LogP contribution in [0, 0.1) is 3.57 Å². The molecule has 0 spiro atoms. The Morgan fingerprint density at radius 1 is 1.21 bits per heavy atom. The number of rotatable bonds is 0. The molecule has 0 aliphatic carbocycles. The molecule has 0 aromatic heterocycles. The first-order chi connectivity index (χ1) is 9.24. The van der Waals surface area contributed by atoms with Crippen LogP contribution >= 0.6 is 0 Å². The van der Waals surface area contributed by atoms with Gasteiger partial charge in [0.15, 0.2) is 0 Å². The fourth-order valence-electron chi connectivity index (χ4n) is 3.58. The molecule has 0 saturated heterocycles. The Labute approximate surface area is 124 Å². The molecule has 3 aliphatic heterocycles. The molecule has 19 heavy (non-hydrogen) atoms. The van der Waals surface area contributed by atoms with Crippen molar-refractivity contribution >= 4 is 15.1 Å². The molecule has 1 aromatic carbocycles. The van der Waals surface area contributed by atoms with E-state index in [1.807, 2.05) is 6.08 Å². The van der Waals surface area contributed by atoms with E-state index in [2.05, 4.69) is 17.9 Å². The van der Waals surface area contributed by atoms with Crippen LogP contribution in [0.2, 0.25) is 0 Å². The van der Waals surface area contributed by atoms with Crippen LogP contribution in [-0.2, 0) is 17.6 Å². The van der Waals surface area contributed by atoms with Gasteiger partial charge in [-0.3, -0.25) is 0 Å². The number of nitrogens with zero attached hydrogens (tertiary/aromatic N) is 1. The Bertz CT molecular complexity index is 616. The summed E-state index contributed by atoms with van der Waals surface area (Å²) >= 11 is -0.467. The maximum atomic E-state index is 11.9. The number of carbonyl (C=O) groups is 1. The van der Waals surface area contributed by atoms with Gasteiger partial charge in [0.05, 0.1) is 0 Å². The number of fused-ring (bicyclic) bond motifs is 2. The predicted molar refractivity (Wildman–Crippen MR) is 72.7 cm³/mol. The van der Waals surface area contributed by atoms with E-state index in [0.29, 0.717) is 3.79 Å². The summed E-state index contributed by atoms with van der Waals surface area (Å²) in [4.78, 5) is 14.5. The standard InChI is InChI=1S/C16H17INO/c1-10-8-14(19)17-15-12-5-3-7-18-6-2-4-11(16(12)18)9-13(10)15/h8-9H,2-7H2,1H3/q-1. The molecule has 2 nitrogen and oxygen atoms in total. The van der Waals surface area contributed by atoms with Gasteiger partial charge in [-0.05, 0) is 0 Å². The Morgan fingerprint density at radius 2 is 2.00 bits per heavy atom. The van der Waals surface area contributed by atoms with E-state index in [1.54, 1.807) is 0 Å². The van der Waals surface area contributed by atoms with Crippen molar-refractivity contribution in [3.8, 4) is 0 Å². The van der Waals surface area contributed by atoms with Gasteiger partial charge in [-0.15, -0.1) is 0 Å². The summed E-state index contributed by atoms with van der Waals surface area (Å²) in [5.41, 5.74) is 7.16. The van der Waals surface area contributed by atoms with Crippen LogP contribution in [0.3, 0.4) is 0 Å². The second-order valence-electron chi connectivity index (χ2n) is 5.64. The van der Waals surface area contributed by atoms with Crippen LogP contribution in [-0.4, -0.2) is 16.9 Å². The van der Waals surface area contributed by atoms with Gasteiger partial charge in [0.25, 0.3) is 0 Å². The van der Waals surface area contributed by atoms with Gasteiger partial charge in [0.1, 0.15) is 0 Å². The van der Waals surface area contributed by atoms with E-state index in [-0.39, 0.29) is 0 Å². The molecule has 0 fully saturated rings. The first-order valence-electron chi connectivity index (χ1n) is 7.05. The predicted octanol–water partition coefficient (Wildman–Crippen LogP) is -0.412. The van der Waals surface area contributed by atoms with Crippen molar-refractivity contribution in [1.29, 1.82) is 0 Å². The first-order valence-corrected chi connectivity index (χ1v) is 9.21. The van der Waals surface area contributed by atoms with Crippen LogP contribution in [0.5, 0.6) is 0 Å². The van der Waals surface area contributed by atoms with Gasteiger partial charge in [-0.1, -0.05) is 0 Å². The molecular weight excluding hydrogens is 349 g/mol. The van der Waals surface area contributed by atoms with E-state index in [0.717, 1.165) is 0 Å². The number of hydrogen-bond donors (Lipinski definition) is 0. The molecule has 3 heteroatoms. The van der Waals surface area contributed by atoms with Gasteiger partial charge in [-0.2, -0.15) is 0 Å². The van der Waals surface area contributed by atoms with Crippen LogP contribution in [0.15, 0.2) is 12.1 Å². The van der Waals surface area contributed by atoms with E-state index >= 15 is 0 Å². The zero-order valence-electron chi connectivity index (χ0n) is 11.1. The van der Waals surface area contributed by atoms with Crippen LogP contribution in [0.25, 0.3) is 5.57 Å². The zero-order valence-corrected chi connectivity index (χ0v) is 13.3. The number of aryl methyl sites for hydroxylation is 1. The molecule has 1 aromatic rings. The molecule has 4 rings (SSSR count). The third kappa shape index (κ3) is 1.77. The third-order valence-corrected chi connectivity index (χ3v) is 7.01. The van der Waals surface area contributed by atoms with E-state index < -0.39 is 21.2 Å². The summed E-state index contributed by atoms with van der Waals surface area (Å²) in [6.07, 6.45) is 6.80. The van der Waals surface area contributed by atoms with Gasteiger partial charge in [0, 0.05) is 0 Å². The van der Waals surface area contributed by atoms with E-state index in [9.17, 15) is 4.79 Å². The van der Waals surface area contributed by atoms with Crippen molar-refractivity contribution in [2.75, 3.05) is 18.0 Å². The quantitative estimate of drug-likeness (QED) is 0.460. The Hall–Kier alpha value is -0.840. The van der Waals surface area contributed by atoms with Crippen molar-refractivity contribution in [1.82, 2.24) is 0 Å². The summed E-state index contributed by atoms with van der Waals surface area (Å²) in [6, 6.07) is 2.39. The normalized spacial score (nSPS) is 21.2. The van der Waals surface area contributed by atoms with Crippen LogP contribution in [0.1, 0.15) is 36.5 Å². The molecule has 3 aliphatic rings. The van der Waals surface area contributed by atoms with Crippen molar-refractivity contribution in [2.45, 2.75) is 32.6 Å². The molecule has 0 atom stereocenters. The monoisotopic (exact) mass is 366 g/mol. The average molecular weight is 366 g/mol. The topological polar surface area (TPSA) is 20.3 Å². The Balaban J connectivity index is 2.00. The first kappa shape index (κ1) is 11.9. The van der Waals surface area contributed by atoms with Crippen LogP contribution < -0.4 is 26.1 Å². The van der Waals surface area contributed by atoms with Gasteiger partial charge in [0.2, 0.25) is 0 Å². The maximum absolute atomic E-state index is 11.9. The second kappa shape index (κ2) is 4.33. The number of allylic oxidation sites excluding steroid dienone is 2. The summed E-state index contributed by atoms with van der Waals surface area (Å²) in [6.45, 7) is 4.52. The molecule has 3 heterocycles. The number of hydrogen-bond acceptors (Lipinski definition) is 2. The summed E-state index contributed by atoms with van der Waals surface area (Å²) in [7, 11) is 0. The molecule has 0 N–H and O–H groups in total. The summed E-state index contributed by atoms with van der Waals surface area (Å²) in [5.74, 6) is 0.